The van der Waals surface area contributed by atoms with Gasteiger partial charge in [0.25, 0.3) is 5.91 Å². The zero-order valence-electron chi connectivity index (χ0n) is 13.9. The van der Waals surface area contributed by atoms with E-state index >= 15 is 0 Å². The first-order valence-electron chi connectivity index (χ1n) is 7.77. The molecule has 0 bridgehead atoms. The Kier molecular flexibility index (Phi) is 7.15. The first-order chi connectivity index (χ1) is 12.3. The predicted molar refractivity (Wildman–Crippen MR) is 102 cm³/mol. The summed E-state index contributed by atoms with van der Waals surface area (Å²) in [6.45, 7) is 1.05. The molecule has 0 aromatic heterocycles. The SMILES string of the molecule is NC(=O)COc1ccc(Br)cc1CNCCc1ccc(S(N)(=O)=O)cc1. The smallest absolute Gasteiger partial charge is 0.255 e. The summed E-state index contributed by atoms with van der Waals surface area (Å²) < 4.78 is 28.8. The maximum atomic E-state index is 11.2. The Labute approximate surface area is 160 Å². The van der Waals surface area contributed by atoms with Crippen molar-refractivity contribution in [1.82, 2.24) is 5.32 Å². The molecule has 26 heavy (non-hydrogen) atoms. The molecule has 0 radical (unpaired) electrons. The van der Waals surface area contributed by atoms with E-state index in [2.05, 4.69) is 21.2 Å². The van der Waals surface area contributed by atoms with Crippen molar-refractivity contribution in [3.63, 3.8) is 0 Å². The van der Waals surface area contributed by atoms with E-state index in [1.807, 2.05) is 12.1 Å². The van der Waals surface area contributed by atoms with Gasteiger partial charge in [-0.3, -0.25) is 4.79 Å². The van der Waals surface area contributed by atoms with Crippen molar-refractivity contribution >= 4 is 31.9 Å². The Bertz CT molecular complexity index is 870. The number of carbonyl (C=O) groups is 1. The molecule has 0 atom stereocenters. The summed E-state index contributed by atoms with van der Waals surface area (Å²) in [4.78, 5) is 11.0. The third-order valence-electron chi connectivity index (χ3n) is 3.55. The zero-order valence-corrected chi connectivity index (χ0v) is 16.3. The third kappa shape index (κ3) is 6.41. The van der Waals surface area contributed by atoms with Crippen LogP contribution in [0.5, 0.6) is 5.75 Å². The number of hydrogen-bond donors (Lipinski definition) is 3. The van der Waals surface area contributed by atoms with E-state index < -0.39 is 15.9 Å². The van der Waals surface area contributed by atoms with E-state index in [1.54, 1.807) is 18.2 Å². The Morgan fingerprint density at radius 2 is 1.85 bits per heavy atom. The molecule has 5 N–H and O–H groups in total. The van der Waals surface area contributed by atoms with E-state index in [-0.39, 0.29) is 11.5 Å². The summed E-state index contributed by atoms with van der Waals surface area (Å²) >= 11 is 3.41. The van der Waals surface area contributed by atoms with Gasteiger partial charge >= 0.3 is 0 Å². The molecule has 0 heterocycles. The summed E-state index contributed by atoms with van der Waals surface area (Å²) in [5.41, 5.74) is 6.99. The lowest BCUT2D eigenvalue weighted by Gasteiger charge is -2.12. The minimum atomic E-state index is -3.67. The van der Waals surface area contributed by atoms with Crippen LogP contribution in [0.2, 0.25) is 0 Å². The minimum Gasteiger partial charge on any atom is -0.483 e. The van der Waals surface area contributed by atoms with Crippen LogP contribution < -0.4 is 20.9 Å². The monoisotopic (exact) mass is 441 g/mol. The summed E-state index contributed by atoms with van der Waals surface area (Å²) in [7, 11) is -3.67. The number of nitrogens with one attached hydrogen (secondary N) is 1. The lowest BCUT2D eigenvalue weighted by Crippen LogP contribution is -2.21. The van der Waals surface area contributed by atoms with Crippen molar-refractivity contribution in [3.05, 3.63) is 58.1 Å². The largest absolute Gasteiger partial charge is 0.483 e. The molecule has 0 unspecified atom stereocenters. The molecule has 0 spiro atoms. The van der Waals surface area contributed by atoms with Crippen molar-refractivity contribution in [3.8, 4) is 5.75 Å². The highest BCUT2D eigenvalue weighted by molar-refractivity contribution is 9.10. The summed E-state index contributed by atoms with van der Waals surface area (Å²) in [6, 6.07) is 12.0. The van der Waals surface area contributed by atoms with Crippen molar-refractivity contribution in [2.75, 3.05) is 13.2 Å². The molecule has 0 fully saturated rings. The Morgan fingerprint density at radius 1 is 1.15 bits per heavy atom. The minimum absolute atomic E-state index is 0.0968. The van der Waals surface area contributed by atoms with Crippen molar-refractivity contribution in [2.45, 2.75) is 17.9 Å². The number of ether oxygens (including phenoxy) is 1. The van der Waals surface area contributed by atoms with Gasteiger partial charge in [0.15, 0.2) is 6.61 Å². The van der Waals surface area contributed by atoms with Gasteiger partial charge < -0.3 is 15.8 Å². The maximum Gasteiger partial charge on any atom is 0.255 e. The van der Waals surface area contributed by atoms with Gasteiger partial charge in [0, 0.05) is 16.6 Å². The number of primary sulfonamides is 1. The van der Waals surface area contributed by atoms with Crippen LogP contribution in [0.1, 0.15) is 11.1 Å². The number of sulfonamides is 1. The predicted octanol–water partition coefficient (Wildman–Crippen LogP) is 1.29. The number of carbonyl (C=O) groups excluding carboxylic acids is 1. The number of amides is 1. The molecule has 0 aliphatic carbocycles. The first-order valence-corrected chi connectivity index (χ1v) is 10.1. The quantitative estimate of drug-likeness (QED) is 0.505. The van der Waals surface area contributed by atoms with Crippen molar-refractivity contribution in [1.29, 1.82) is 0 Å². The number of nitrogens with two attached hydrogens (primary N) is 2. The topological polar surface area (TPSA) is 125 Å². The van der Waals surface area contributed by atoms with E-state index in [9.17, 15) is 13.2 Å². The molecule has 9 heteroatoms. The van der Waals surface area contributed by atoms with E-state index in [4.69, 9.17) is 15.6 Å². The Hall–Kier alpha value is -1.94. The second-order valence-corrected chi connectivity index (χ2v) is 8.10. The highest BCUT2D eigenvalue weighted by Gasteiger charge is 2.08. The highest BCUT2D eigenvalue weighted by Crippen LogP contribution is 2.23. The number of benzene rings is 2. The number of halogens is 1. The van der Waals surface area contributed by atoms with Crippen LogP contribution in [0, 0.1) is 0 Å². The second kappa shape index (κ2) is 9.13. The fourth-order valence-electron chi connectivity index (χ4n) is 2.28. The molecular formula is C17H20BrN3O4S. The van der Waals surface area contributed by atoms with Gasteiger partial charge in [0.2, 0.25) is 10.0 Å². The summed E-state index contributed by atoms with van der Waals surface area (Å²) in [5, 5.41) is 8.37. The molecule has 1 amide bonds. The lowest BCUT2D eigenvalue weighted by molar-refractivity contribution is -0.119. The standard InChI is InChI=1S/C17H20BrN3O4S/c18-14-3-6-16(25-11-17(19)22)13(9-14)10-21-8-7-12-1-4-15(5-2-12)26(20,23)24/h1-6,9,21H,7-8,10-11H2,(H2,19,22)(H2,20,23,24). The number of primary amides is 1. The van der Waals surface area contributed by atoms with Gasteiger partial charge in [-0.25, -0.2) is 13.6 Å². The normalized spacial score (nSPS) is 11.3. The summed E-state index contributed by atoms with van der Waals surface area (Å²) in [5.74, 6) is 0.0618. The molecular weight excluding hydrogens is 422 g/mol. The van der Waals surface area contributed by atoms with Crippen molar-refractivity contribution in [2.24, 2.45) is 10.9 Å². The summed E-state index contributed by atoms with van der Waals surface area (Å²) in [6.07, 6.45) is 0.719. The van der Waals surface area contributed by atoms with Gasteiger partial charge in [-0.1, -0.05) is 28.1 Å². The fraction of sp³-hybridized carbons (Fsp3) is 0.235. The van der Waals surface area contributed by atoms with Crippen LogP contribution in [0.3, 0.4) is 0 Å². The van der Waals surface area contributed by atoms with E-state index in [0.717, 1.165) is 22.0 Å². The molecule has 0 saturated carbocycles. The molecule has 2 aromatic carbocycles. The second-order valence-electron chi connectivity index (χ2n) is 5.62. The molecule has 2 rings (SSSR count). The molecule has 0 saturated heterocycles. The van der Waals surface area contributed by atoms with Gasteiger partial charge in [0.1, 0.15) is 5.75 Å². The lowest BCUT2D eigenvalue weighted by atomic mass is 10.1. The highest BCUT2D eigenvalue weighted by atomic mass is 79.9. The van der Waals surface area contributed by atoms with Crippen LogP contribution in [0.4, 0.5) is 0 Å². The van der Waals surface area contributed by atoms with Gasteiger partial charge in [-0.2, -0.15) is 0 Å². The fourth-order valence-corrected chi connectivity index (χ4v) is 3.20. The van der Waals surface area contributed by atoms with Crippen LogP contribution in [-0.2, 0) is 27.8 Å². The van der Waals surface area contributed by atoms with Gasteiger partial charge in [0.05, 0.1) is 4.90 Å². The average molecular weight is 442 g/mol. The molecule has 140 valence electrons. The third-order valence-corrected chi connectivity index (χ3v) is 4.97. The van der Waals surface area contributed by atoms with Gasteiger partial charge in [-0.15, -0.1) is 0 Å². The Morgan fingerprint density at radius 3 is 2.46 bits per heavy atom. The van der Waals surface area contributed by atoms with Crippen LogP contribution in [0.15, 0.2) is 51.8 Å². The molecule has 7 nitrogen and oxygen atoms in total. The van der Waals surface area contributed by atoms with E-state index in [1.165, 1.54) is 12.1 Å². The van der Waals surface area contributed by atoms with E-state index in [0.29, 0.717) is 18.8 Å². The van der Waals surface area contributed by atoms with Gasteiger partial charge in [-0.05, 0) is 48.9 Å². The van der Waals surface area contributed by atoms with Crippen molar-refractivity contribution < 1.29 is 17.9 Å². The molecule has 0 aliphatic rings. The molecule has 2 aromatic rings. The first kappa shape index (κ1) is 20.4. The zero-order chi connectivity index (χ0) is 19.2. The number of rotatable bonds is 9. The Balaban J connectivity index is 1.89. The van der Waals surface area contributed by atoms with Crippen LogP contribution in [0.25, 0.3) is 0 Å². The van der Waals surface area contributed by atoms with Crippen LogP contribution >= 0.6 is 15.9 Å². The van der Waals surface area contributed by atoms with Crippen LogP contribution in [-0.4, -0.2) is 27.5 Å². The molecule has 0 aliphatic heterocycles. The maximum absolute atomic E-state index is 11.2. The average Bonchev–Trinajstić information content (AvgIpc) is 2.57. The number of hydrogen-bond acceptors (Lipinski definition) is 5.